The quantitative estimate of drug-likeness (QED) is 0.789. The molecule has 1 unspecified atom stereocenters. The van der Waals surface area contributed by atoms with E-state index in [-0.39, 0.29) is 11.5 Å². The molecule has 0 aliphatic rings. The van der Waals surface area contributed by atoms with Crippen molar-refractivity contribution >= 4 is 59.8 Å². The summed E-state index contributed by atoms with van der Waals surface area (Å²) in [5, 5.41) is 0. The van der Waals surface area contributed by atoms with Crippen LogP contribution in [0.1, 0.15) is 10.4 Å². The molecule has 0 radical (unpaired) electrons. The number of carbonyl (C=O) groups excluding carboxylic acids is 1. The number of carbonyl (C=O) groups is 1. The van der Waals surface area contributed by atoms with Crippen molar-refractivity contribution in [1.29, 1.82) is 0 Å². The maximum Gasteiger partial charge on any atom is 0.177 e. The summed E-state index contributed by atoms with van der Waals surface area (Å²) in [6.07, 6.45) is 1.52. The second-order valence-corrected chi connectivity index (χ2v) is 7.56. The molecule has 72 valence electrons. The number of halogens is 2. The van der Waals surface area contributed by atoms with E-state index in [9.17, 15) is 9.00 Å². The van der Waals surface area contributed by atoms with Crippen LogP contribution in [0.15, 0.2) is 13.6 Å². The molecule has 0 saturated carbocycles. The molecule has 0 bridgehead atoms. The Morgan fingerprint density at radius 3 is 2.62 bits per heavy atom. The van der Waals surface area contributed by atoms with E-state index in [0.717, 1.165) is 7.57 Å². The largest absolute Gasteiger partial charge is 0.293 e. The lowest BCUT2D eigenvalue weighted by Crippen LogP contribution is -2.08. The van der Waals surface area contributed by atoms with Crippen LogP contribution in [0.3, 0.4) is 0 Å². The molecule has 1 aromatic rings. The van der Waals surface area contributed by atoms with Gasteiger partial charge in [0.2, 0.25) is 0 Å². The van der Waals surface area contributed by atoms with E-state index in [1.807, 2.05) is 0 Å². The monoisotopic (exact) mass is 344 g/mol. The molecule has 0 aromatic carbocycles. The van der Waals surface area contributed by atoms with Gasteiger partial charge in [0.15, 0.2) is 5.78 Å². The first kappa shape index (κ1) is 11.6. The Kier molecular flexibility index (Phi) is 4.28. The van der Waals surface area contributed by atoms with E-state index in [1.165, 1.54) is 17.6 Å². The van der Waals surface area contributed by atoms with Gasteiger partial charge in [-0.3, -0.25) is 9.00 Å². The summed E-state index contributed by atoms with van der Waals surface area (Å²) in [7, 11) is -1.08. The Morgan fingerprint density at radius 1 is 1.62 bits per heavy atom. The number of ketones is 1. The van der Waals surface area contributed by atoms with Crippen molar-refractivity contribution in [2.45, 2.75) is 0 Å². The maximum atomic E-state index is 11.5. The van der Waals surface area contributed by atoms with Crippen LogP contribution in [0.25, 0.3) is 0 Å². The molecule has 0 saturated heterocycles. The molecule has 2 nitrogen and oxygen atoms in total. The van der Waals surface area contributed by atoms with Crippen LogP contribution in [0.2, 0.25) is 0 Å². The zero-order valence-corrected chi connectivity index (χ0v) is 11.5. The second kappa shape index (κ2) is 4.82. The smallest absolute Gasteiger partial charge is 0.177 e. The van der Waals surface area contributed by atoms with Crippen molar-refractivity contribution in [1.82, 2.24) is 0 Å². The summed E-state index contributed by atoms with van der Waals surface area (Å²) in [6, 6.07) is 1.74. The van der Waals surface area contributed by atoms with Crippen LogP contribution < -0.4 is 0 Å². The average molecular weight is 346 g/mol. The van der Waals surface area contributed by atoms with Crippen molar-refractivity contribution in [3.05, 3.63) is 19.2 Å². The van der Waals surface area contributed by atoms with Gasteiger partial charge in [-0.2, -0.15) is 0 Å². The lowest BCUT2D eigenvalue weighted by Gasteiger charge is -1.94. The SMILES string of the molecule is CS(=O)CC(=O)c1cc(Br)sc1Br. The van der Waals surface area contributed by atoms with Gasteiger partial charge in [-0.05, 0) is 37.9 Å². The zero-order valence-electron chi connectivity index (χ0n) is 6.67. The molecular formula is C7H6Br2O2S2. The lowest BCUT2D eigenvalue weighted by atomic mass is 10.2. The molecule has 13 heavy (non-hydrogen) atoms. The van der Waals surface area contributed by atoms with Crippen molar-refractivity contribution < 1.29 is 9.00 Å². The molecule has 6 heteroatoms. The minimum Gasteiger partial charge on any atom is -0.293 e. The van der Waals surface area contributed by atoms with Crippen molar-refractivity contribution in [2.24, 2.45) is 0 Å². The van der Waals surface area contributed by atoms with E-state index in [0.29, 0.717) is 5.56 Å². The lowest BCUT2D eigenvalue weighted by molar-refractivity contribution is 0.102. The van der Waals surface area contributed by atoms with Crippen molar-refractivity contribution in [2.75, 3.05) is 12.0 Å². The predicted molar refractivity (Wildman–Crippen MR) is 63.0 cm³/mol. The molecule has 1 atom stereocenters. The molecule has 1 aromatic heterocycles. The van der Waals surface area contributed by atoms with Crippen LogP contribution in [0.5, 0.6) is 0 Å². The highest BCUT2D eigenvalue weighted by molar-refractivity contribution is 9.12. The van der Waals surface area contributed by atoms with Gasteiger partial charge in [-0.25, -0.2) is 0 Å². The Labute approximate surface area is 99.4 Å². The van der Waals surface area contributed by atoms with E-state index < -0.39 is 10.8 Å². The highest BCUT2D eigenvalue weighted by Gasteiger charge is 2.14. The van der Waals surface area contributed by atoms with Gasteiger partial charge in [-0.15, -0.1) is 11.3 Å². The summed E-state index contributed by atoms with van der Waals surface area (Å²) in [5.74, 6) is -0.00319. The van der Waals surface area contributed by atoms with Gasteiger partial charge in [-0.1, -0.05) is 0 Å². The average Bonchev–Trinajstić information content (AvgIpc) is 2.28. The minimum atomic E-state index is -1.08. The number of hydrogen-bond donors (Lipinski definition) is 0. The van der Waals surface area contributed by atoms with E-state index >= 15 is 0 Å². The number of rotatable bonds is 3. The highest BCUT2D eigenvalue weighted by atomic mass is 79.9. The van der Waals surface area contributed by atoms with Crippen LogP contribution in [0, 0.1) is 0 Å². The van der Waals surface area contributed by atoms with E-state index in [2.05, 4.69) is 31.9 Å². The Hall–Kier alpha value is 0.480. The van der Waals surface area contributed by atoms with Crippen molar-refractivity contribution in [3.63, 3.8) is 0 Å². The maximum absolute atomic E-state index is 11.5. The van der Waals surface area contributed by atoms with Crippen LogP contribution >= 0.6 is 43.2 Å². The van der Waals surface area contributed by atoms with Gasteiger partial charge < -0.3 is 0 Å². The number of Topliss-reactive ketones (excluding diaryl/α,β-unsaturated/α-hetero) is 1. The van der Waals surface area contributed by atoms with Gasteiger partial charge in [0, 0.05) is 22.6 Å². The third-order valence-corrected chi connectivity index (χ3v) is 4.30. The summed E-state index contributed by atoms with van der Waals surface area (Å²) < 4.78 is 12.5. The molecule has 0 spiro atoms. The summed E-state index contributed by atoms with van der Waals surface area (Å²) >= 11 is 7.99. The third kappa shape index (κ3) is 3.27. The summed E-state index contributed by atoms with van der Waals surface area (Å²) in [6.45, 7) is 0. The fraction of sp³-hybridized carbons (Fsp3) is 0.286. The molecule has 0 N–H and O–H groups in total. The van der Waals surface area contributed by atoms with Crippen LogP contribution in [-0.2, 0) is 10.8 Å². The van der Waals surface area contributed by atoms with Crippen LogP contribution in [0.4, 0.5) is 0 Å². The van der Waals surface area contributed by atoms with Gasteiger partial charge in [0.1, 0.15) is 0 Å². The molecule has 0 amide bonds. The number of thiophene rings is 1. The van der Waals surface area contributed by atoms with E-state index in [1.54, 1.807) is 6.07 Å². The first-order chi connectivity index (χ1) is 6.00. The Morgan fingerprint density at radius 2 is 2.23 bits per heavy atom. The van der Waals surface area contributed by atoms with Crippen LogP contribution in [-0.4, -0.2) is 22.0 Å². The molecule has 0 aliphatic heterocycles. The van der Waals surface area contributed by atoms with Gasteiger partial charge in [0.25, 0.3) is 0 Å². The van der Waals surface area contributed by atoms with Crippen molar-refractivity contribution in [3.8, 4) is 0 Å². The molecule has 0 fully saturated rings. The second-order valence-electron chi connectivity index (χ2n) is 2.38. The molecule has 1 heterocycles. The molecule has 1 rings (SSSR count). The summed E-state index contributed by atoms with van der Waals surface area (Å²) in [5.41, 5.74) is 0.604. The fourth-order valence-corrected chi connectivity index (χ4v) is 4.17. The van der Waals surface area contributed by atoms with Gasteiger partial charge >= 0.3 is 0 Å². The first-order valence-electron chi connectivity index (χ1n) is 3.28. The first-order valence-corrected chi connectivity index (χ1v) is 7.41. The highest BCUT2D eigenvalue weighted by Crippen LogP contribution is 2.32. The minimum absolute atomic E-state index is 0.0851. The predicted octanol–water partition coefficient (Wildman–Crippen LogP) is 2.83. The third-order valence-electron chi connectivity index (χ3n) is 1.29. The fourth-order valence-electron chi connectivity index (χ4n) is 0.793. The molecular weight excluding hydrogens is 340 g/mol. The topological polar surface area (TPSA) is 34.1 Å². The van der Waals surface area contributed by atoms with E-state index in [4.69, 9.17) is 0 Å². The Bertz CT molecular complexity index is 359. The molecule has 0 aliphatic carbocycles. The summed E-state index contributed by atoms with van der Waals surface area (Å²) in [4.78, 5) is 11.5. The van der Waals surface area contributed by atoms with Gasteiger partial charge in [0.05, 0.1) is 13.3 Å². The Balaban J connectivity index is 2.88. The standard InChI is InChI=1S/C7H6Br2O2S2/c1-13(11)3-5(10)4-2-6(8)12-7(4)9/h2H,3H2,1H3. The normalized spacial score (nSPS) is 12.8. The zero-order chi connectivity index (χ0) is 10.0. The number of hydrogen-bond acceptors (Lipinski definition) is 3.